The third-order valence-corrected chi connectivity index (χ3v) is 5.34. The van der Waals surface area contributed by atoms with E-state index in [4.69, 9.17) is 4.42 Å². The Morgan fingerprint density at radius 3 is 2.24 bits per heavy atom. The SMILES string of the molecule is CC(C)CC(c1cc(NC(C)C)ncn1)N(C)C.CC(C)Nc1ncnc2nc(-c3ccco3)ncc12. The fraction of sp³-hybridized carbons (Fsp3) is 0.481. The first-order valence-corrected chi connectivity index (χ1v) is 12.7. The molecule has 4 heterocycles. The Kier molecular flexibility index (Phi) is 9.85. The molecule has 37 heavy (non-hydrogen) atoms. The molecule has 198 valence electrons. The molecule has 0 bridgehead atoms. The Hall–Kier alpha value is -3.66. The molecule has 0 saturated carbocycles. The standard InChI is InChI=1S/C14H26N4.C13H13N5O/c1-10(2)7-13(18(5)6)12-8-14(16-9-15-12)17-11(3)4;1-8(2)17-11-9-6-14-13(10-4-3-5-19-10)18-12(9)16-7-15-11/h8-11,13H,7H2,1-6H3,(H,15,16,17);3-8H,1-2H3,(H,14,15,16,17,18). The molecule has 0 aromatic carbocycles. The van der Waals surface area contributed by atoms with Crippen molar-refractivity contribution in [1.29, 1.82) is 0 Å². The van der Waals surface area contributed by atoms with Crippen LogP contribution in [0.4, 0.5) is 11.6 Å². The molecule has 4 rings (SSSR count). The number of rotatable bonds is 9. The van der Waals surface area contributed by atoms with E-state index in [1.807, 2.05) is 19.9 Å². The number of aromatic nitrogens is 6. The van der Waals surface area contributed by atoms with Crippen molar-refractivity contribution in [2.45, 2.75) is 66.1 Å². The van der Waals surface area contributed by atoms with E-state index < -0.39 is 0 Å². The highest BCUT2D eigenvalue weighted by Gasteiger charge is 2.18. The predicted molar refractivity (Wildman–Crippen MR) is 148 cm³/mol. The number of anilines is 2. The molecule has 0 amide bonds. The summed E-state index contributed by atoms with van der Waals surface area (Å²) >= 11 is 0. The summed E-state index contributed by atoms with van der Waals surface area (Å²) in [5, 5.41) is 7.37. The fourth-order valence-electron chi connectivity index (χ4n) is 3.73. The first kappa shape index (κ1) is 27.9. The molecule has 10 nitrogen and oxygen atoms in total. The average Bonchev–Trinajstić information content (AvgIpc) is 3.37. The van der Waals surface area contributed by atoms with Crippen molar-refractivity contribution in [1.82, 2.24) is 34.8 Å². The Bertz CT molecular complexity index is 1240. The molecule has 0 fully saturated rings. The van der Waals surface area contributed by atoms with Gasteiger partial charge in [0.25, 0.3) is 0 Å². The van der Waals surface area contributed by atoms with Gasteiger partial charge in [0.1, 0.15) is 24.3 Å². The van der Waals surface area contributed by atoms with Crippen molar-refractivity contribution in [3.63, 3.8) is 0 Å². The maximum atomic E-state index is 5.28. The molecule has 1 atom stereocenters. The zero-order valence-electron chi connectivity index (χ0n) is 23.1. The van der Waals surface area contributed by atoms with Gasteiger partial charge in [-0.15, -0.1) is 0 Å². The second-order valence-electron chi connectivity index (χ2n) is 10.2. The molecule has 10 heteroatoms. The lowest BCUT2D eigenvalue weighted by Gasteiger charge is -2.25. The zero-order chi connectivity index (χ0) is 26.9. The minimum absolute atomic E-state index is 0.280. The van der Waals surface area contributed by atoms with Crippen LogP contribution in [0.2, 0.25) is 0 Å². The van der Waals surface area contributed by atoms with Gasteiger partial charge in [-0.2, -0.15) is 0 Å². The smallest absolute Gasteiger partial charge is 0.197 e. The number of furan rings is 1. The quantitative estimate of drug-likeness (QED) is 0.304. The molecular weight excluding hydrogens is 466 g/mol. The van der Waals surface area contributed by atoms with E-state index >= 15 is 0 Å². The highest BCUT2D eigenvalue weighted by Crippen LogP contribution is 2.25. The van der Waals surface area contributed by atoms with Gasteiger partial charge in [0.15, 0.2) is 17.2 Å². The second kappa shape index (κ2) is 13.0. The molecule has 2 N–H and O–H groups in total. The number of nitrogens with one attached hydrogen (secondary N) is 2. The third-order valence-electron chi connectivity index (χ3n) is 5.34. The first-order valence-electron chi connectivity index (χ1n) is 12.7. The van der Waals surface area contributed by atoms with E-state index in [9.17, 15) is 0 Å². The normalized spacial score (nSPS) is 12.2. The molecule has 4 aromatic rings. The summed E-state index contributed by atoms with van der Waals surface area (Å²) in [6, 6.07) is 6.69. The van der Waals surface area contributed by atoms with Gasteiger partial charge in [0, 0.05) is 24.3 Å². The monoisotopic (exact) mass is 505 g/mol. The van der Waals surface area contributed by atoms with E-state index in [1.54, 1.807) is 24.9 Å². The van der Waals surface area contributed by atoms with E-state index in [0.29, 0.717) is 35.2 Å². The van der Waals surface area contributed by atoms with Crippen LogP contribution in [0.3, 0.4) is 0 Å². The average molecular weight is 506 g/mol. The topological polar surface area (TPSA) is 118 Å². The number of fused-ring (bicyclic) bond motifs is 1. The first-order chi connectivity index (χ1) is 17.6. The van der Waals surface area contributed by atoms with Crippen molar-refractivity contribution in [2.75, 3.05) is 24.7 Å². The third kappa shape index (κ3) is 8.18. The van der Waals surface area contributed by atoms with E-state index in [2.05, 4.69) is 93.3 Å². The lowest BCUT2D eigenvalue weighted by Crippen LogP contribution is -2.23. The zero-order valence-corrected chi connectivity index (χ0v) is 23.1. The van der Waals surface area contributed by atoms with Crippen molar-refractivity contribution in [3.05, 3.63) is 49.0 Å². The van der Waals surface area contributed by atoms with Gasteiger partial charge in [0.2, 0.25) is 0 Å². The van der Waals surface area contributed by atoms with Crippen LogP contribution in [-0.4, -0.2) is 61.0 Å². The highest BCUT2D eigenvalue weighted by atomic mass is 16.3. The van der Waals surface area contributed by atoms with E-state index in [-0.39, 0.29) is 6.04 Å². The minimum atomic E-state index is 0.280. The van der Waals surface area contributed by atoms with Crippen LogP contribution in [0.5, 0.6) is 0 Å². The summed E-state index contributed by atoms with van der Waals surface area (Å²) in [6.45, 7) is 12.8. The maximum absolute atomic E-state index is 5.28. The molecule has 0 aliphatic carbocycles. The highest BCUT2D eigenvalue weighted by molar-refractivity contribution is 5.86. The summed E-state index contributed by atoms with van der Waals surface area (Å²) in [7, 11) is 4.20. The minimum Gasteiger partial charge on any atom is -0.461 e. The molecular formula is C27H39N9O. The Labute approximate surface area is 219 Å². The van der Waals surface area contributed by atoms with Gasteiger partial charge in [-0.3, -0.25) is 0 Å². The summed E-state index contributed by atoms with van der Waals surface area (Å²) in [5.41, 5.74) is 1.69. The second-order valence-corrected chi connectivity index (χ2v) is 10.2. The molecule has 0 aliphatic heterocycles. The van der Waals surface area contributed by atoms with E-state index in [0.717, 1.165) is 29.1 Å². The maximum Gasteiger partial charge on any atom is 0.197 e. The molecule has 1 unspecified atom stereocenters. The number of nitrogens with zero attached hydrogens (tertiary/aromatic N) is 7. The van der Waals surface area contributed by atoms with Gasteiger partial charge >= 0.3 is 0 Å². The van der Waals surface area contributed by atoms with Gasteiger partial charge < -0.3 is 20.0 Å². The summed E-state index contributed by atoms with van der Waals surface area (Å²) in [5.74, 6) is 3.44. The van der Waals surface area contributed by atoms with Crippen LogP contribution in [-0.2, 0) is 0 Å². The van der Waals surface area contributed by atoms with Crippen LogP contribution in [0.25, 0.3) is 22.6 Å². The lowest BCUT2D eigenvalue weighted by molar-refractivity contribution is 0.254. The lowest BCUT2D eigenvalue weighted by atomic mass is 10.00. The van der Waals surface area contributed by atoms with Crippen LogP contribution >= 0.6 is 0 Å². The number of hydrogen-bond acceptors (Lipinski definition) is 10. The summed E-state index contributed by atoms with van der Waals surface area (Å²) in [6.07, 6.45) is 7.55. The molecule has 0 spiro atoms. The molecule has 4 aromatic heterocycles. The van der Waals surface area contributed by atoms with Gasteiger partial charge in [0.05, 0.1) is 23.4 Å². The predicted octanol–water partition coefficient (Wildman–Crippen LogP) is 5.45. The van der Waals surface area contributed by atoms with Crippen LogP contribution in [0.15, 0.2) is 47.7 Å². The molecule has 0 saturated heterocycles. The summed E-state index contributed by atoms with van der Waals surface area (Å²) < 4.78 is 5.28. The Morgan fingerprint density at radius 2 is 1.62 bits per heavy atom. The largest absolute Gasteiger partial charge is 0.461 e. The van der Waals surface area contributed by atoms with Crippen LogP contribution in [0.1, 0.15) is 59.7 Å². The van der Waals surface area contributed by atoms with Crippen molar-refractivity contribution >= 4 is 22.7 Å². The van der Waals surface area contributed by atoms with Gasteiger partial charge in [-0.05, 0) is 66.3 Å². The van der Waals surface area contributed by atoms with Gasteiger partial charge in [-0.25, -0.2) is 29.9 Å². The van der Waals surface area contributed by atoms with Crippen molar-refractivity contribution in [3.8, 4) is 11.6 Å². The fourth-order valence-corrected chi connectivity index (χ4v) is 3.73. The van der Waals surface area contributed by atoms with Crippen LogP contribution < -0.4 is 10.6 Å². The number of hydrogen-bond donors (Lipinski definition) is 2. The molecule has 0 radical (unpaired) electrons. The summed E-state index contributed by atoms with van der Waals surface area (Å²) in [4.78, 5) is 28.0. The van der Waals surface area contributed by atoms with Crippen molar-refractivity contribution in [2.24, 2.45) is 5.92 Å². The molecule has 0 aliphatic rings. The Balaban J connectivity index is 0.000000206. The Morgan fingerprint density at radius 1 is 0.892 bits per heavy atom. The van der Waals surface area contributed by atoms with Gasteiger partial charge in [-0.1, -0.05) is 13.8 Å². The van der Waals surface area contributed by atoms with E-state index in [1.165, 1.54) is 6.33 Å². The van der Waals surface area contributed by atoms with Crippen molar-refractivity contribution < 1.29 is 4.42 Å². The van der Waals surface area contributed by atoms with Crippen LogP contribution in [0, 0.1) is 5.92 Å².